The van der Waals surface area contributed by atoms with E-state index in [9.17, 15) is 17.6 Å². The number of hydrogen-bond acceptors (Lipinski definition) is 0. The molecule has 2 aromatic rings. The minimum Gasteiger partial charge on any atom is -0.355 e. The first kappa shape index (κ1) is 16.0. The van der Waals surface area contributed by atoms with Crippen molar-refractivity contribution in [3.05, 3.63) is 70.5 Å². The van der Waals surface area contributed by atoms with E-state index in [1.54, 1.807) is 12.1 Å². The van der Waals surface area contributed by atoms with Crippen molar-refractivity contribution in [2.75, 3.05) is 0 Å². The number of benzene rings is 2. The molecule has 1 aliphatic carbocycles. The van der Waals surface area contributed by atoms with Crippen LogP contribution in [-0.2, 0) is 19.0 Å². The Morgan fingerprint density at radius 3 is 2.61 bits per heavy atom. The number of halogens is 4. The molecule has 0 saturated carbocycles. The lowest BCUT2D eigenvalue weighted by Gasteiger charge is -2.29. The number of quaternary nitrogens is 1. The van der Waals surface area contributed by atoms with Crippen molar-refractivity contribution < 1.29 is 23.3 Å². The molecule has 0 fully saturated rings. The summed E-state index contributed by atoms with van der Waals surface area (Å²) in [5.41, 5.74) is 6.11. The lowest BCUT2D eigenvalue weighted by atomic mass is 9.76. The van der Waals surface area contributed by atoms with Gasteiger partial charge in [-0.15, -0.1) is 0 Å². The fourth-order valence-electron chi connectivity index (χ4n) is 3.35. The summed E-state index contributed by atoms with van der Waals surface area (Å²) in [6.45, 7) is 0. The summed E-state index contributed by atoms with van der Waals surface area (Å²) in [5, 5.41) is 0. The average Bonchev–Trinajstić information content (AvgIpc) is 2.49. The van der Waals surface area contributed by atoms with Crippen molar-refractivity contribution in [2.24, 2.45) is 0 Å². The maximum atomic E-state index is 13.4. The van der Waals surface area contributed by atoms with Gasteiger partial charge in [-0.05, 0) is 47.7 Å². The van der Waals surface area contributed by atoms with E-state index in [2.05, 4.69) is 5.73 Å². The minimum absolute atomic E-state index is 0.0165. The van der Waals surface area contributed by atoms with Gasteiger partial charge in [0.2, 0.25) is 0 Å². The highest BCUT2D eigenvalue weighted by Gasteiger charge is 2.32. The summed E-state index contributed by atoms with van der Waals surface area (Å²) in [7, 11) is 0. The van der Waals surface area contributed by atoms with E-state index < -0.39 is 11.7 Å². The van der Waals surface area contributed by atoms with Crippen molar-refractivity contribution in [3.63, 3.8) is 0 Å². The van der Waals surface area contributed by atoms with Crippen molar-refractivity contribution in [3.8, 4) is 0 Å². The molecule has 2 aromatic carbocycles. The van der Waals surface area contributed by atoms with Crippen LogP contribution in [0.1, 0.15) is 34.6 Å². The third-order valence-corrected chi connectivity index (χ3v) is 4.57. The SMILES string of the molecule is [NH3+]C1CCc2cc(F)ccc2C1Cc1cccc(C(F)(F)F)c1. The first-order valence-corrected chi connectivity index (χ1v) is 7.62. The van der Waals surface area contributed by atoms with Gasteiger partial charge in [0, 0.05) is 12.3 Å². The lowest BCUT2D eigenvalue weighted by molar-refractivity contribution is -0.428. The lowest BCUT2D eigenvalue weighted by Crippen LogP contribution is -2.65. The molecule has 0 saturated heterocycles. The van der Waals surface area contributed by atoms with Gasteiger partial charge in [0.1, 0.15) is 5.82 Å². The van der Waals surface area contributed by atoms with Gasteiger partial charge in [0.25, 0.3) is 0 Å². The Balaban J connectivity index is 1.91. The van der Waals surface area contributed by atoms with Crippen LogP contribution >= 0.6 is 0 Å². The van der Waals surface area contributed by atoms with Crippen LogP contribution in [0.25, 0.3) is 0 Å². The predicted molar refractivity (Wildman–Crippen MR) is 79.3 cm³/mol. The molecule has 1 aliphatic rings. The van der Waals surface area contributed by atoms with Crippen LogP contribution in [-0.4, -0.2) is 6.04 Å². The molecule has 122 valence electrons. The highest BCUT2D eigenvalue weighted by atomic mass is 19.4. The Morgan fingerprint density at radius 2 is 1.87 bits per heavy atom. The van der Waals surface area contributed by atoms with Gasteiger partial charge in [-0.25, -0.2) is 4.39 Å². The highest BCUT2D eigenvalue weighted by Crippen LogP contribution is 2.35. The van der Waals surface area contributed by atoms with Gasteiger partial charge < -0.3 is 5.73 Å². The Labute approximate surface area is 132 Å². The van der Waals surface area contributed by atoms with Gasteiger partial charge in [0.15, 0.2) is 0 Å². The van der Waals surface area contributed by atoms with Crippen molar-refractivity contribution in [1.29, 1.82) is 0 Å². The molecular weight excluding hydrogens is 306 g/mol. The zero-order valence-electron chi connectivity index (χ0n) is 12.5. The second kappa shape index (κ2) is 5.96. The molecule has 23 heavy (non-hydrogen) atoms. The fraction of sp³-hybridized carbons (Fsp3) is 0.333. The van der Waals surface area contributed by atoms with Crippen LogP contribution in [0.3, 0.4) is 0 Å². The third kappa shape index (κ3) is 3.39. The van der Waals surface area contributed by atoms with Crippen molar-refractivity contribution >= 4 is 0 Å². The van der Waals surface area contributed by atoms with E-state index in [0.717, 1.165) is 30.0 Å². The molecule has 3 rings (SSSR count). The highest BCUT2D eigenvalue weighted by molar-refractivity contribution is 5.36. The second-order valence-corrected chi connectivity index (χ2v) is 6.15. The van der Waals surface area contributed by atoms with Crippen LogP contribution in [0.5, 0.6) is 0 Å². The van der Waals surface area contributed by atoms with Crippen LogP contribution in [0.15, 0.2) is 42.5 Å². The summed E-state index contributed by atoms with van der Waals surface area (Å²) in [6.07, 6.45) is -2.27. The standard InChI is InChI=1S/C18H17F4N/c19-14-5-6-15-12(10-14)4-7-17(23)16(15)9-11-2-1-3-13(8-11)18(20,21)22/h1-3,5-6,8,10,16-17H,4,7,9,23H2/p+1. The van der Waals surface area contributed by atoms with Gasteiger partial charge in [-0.2, -0.15) is 13.2 Å². The summed E-state index contributed by atoms with van der Waals surface area (Å²) >= 11 is 0. The van der Waals surface area contributed by atoms with E-state index in [1.165, 1.54) is 24.3 Å². The van der Waals surface area contributed by atoms with E-state index in [-0.39, 0.29) is 17.8 Å². The van der Waals surface area contributed by atoms with Crippen molar-refractivity contribution in [2.45, 2.75) is 37.4 Å². The molecule has 2 unspecified atom stereocenters. The van der Waals surface area contributed by atoms with Crippen LogP contribution in [0.4, 0.5) is 17.6 Å². The first-order valence-electron chi connectivity index (χ1n) is 7.62. The zero-order chi connectivity index (χ0) is 16.6. The molecule has 0 aliphatic heterocycles. The van der Waals surface area contributed by atoms with E-state index in [0.29, 0.717) is 12.0 Å². The Kier molecular flexibility index (Phi) is 4.15. The molecular formula is C18H18F4N+. The topological polar surface area (TPSA) is 27.6 Å². The average molecular weight is 324 g/mol. The molecule has 0 amide bonds. The maximum absolute atomic E-state index is 13.4. The van der Waals surface area contributed by atoms with Crippen molar-refractivity contribution in [1.82, 2.24) is 0 Å². The summed E-state index contributed by atoms with van der Waals surface area (Å²) in [5.74, 6) is -0.257. The number of hydrogen-bond donors (Lipinski definition) is 1. The Bertz CT molecular complexity index is 708. The van der Waals surface area contributed by atoms with Crippen LogP contribution in [0.2, 0.25) is 0 Å². The van der Waals surface area contributed by atoms with Crippen LogP contribution < -0.4 is 5.73 Å². The fourth-order valence-corrected chi connectivity index (χ4v) is 3.35. The molecule has 0 radical (unpaired) electrons. The van der Waals surface area contributed by atoms with E-state index in [4.69, 9.17) is 0 Å². The van der Waals surface area contributed by atoms with E-state index >= 15 is 0 Å². The monoisotopic (exact) mass is 324 g/mol. The smallest absolute Gasteiger partial charge is 0.355 e. The Hall–Kier alpha value is -1.88. The molecule has 0 heterocycles. The predicted octanol–water partition coefficient (Wildman–Crippen LogP) is 3.73. The molecule has 3 N–H and O–H groups in total. The third-order valence-electron chi connectivity index (χ3n) is 4.57. The number of rotatable bonds is 2. The van der Waals surface area contributed by atoms with Crippen LogP contribution in [0, 0.1) is 5.82 Å². The van der Waals surface area contributed by atoms with Gasteiger partial charge in [-0.1, -0.05) is 24.3 Å². The van der Waals surface area contributed by atoms with Gasteiger partial charge >= 0.3 is 6.18 Å². The molecule has 0 aromatic heterocycles. The normalized spacial score (nSPS) is 21.1. The van der Waals surface area contributed by atoms with Gasteiger partial charge in [0.05, 0.1) is 11.6 Å². The number of alkyl halides is 3. The molecule has 1 nitrogen and oxygen atoms in total. The maximum Gasteiger partial charge on any atom is 0.416 e. The largest absolute Gasteiger partial charge is 0.416 e. The first-order chi connectivity index (χ1) is 10.8. The quantitative estimate of drug-likeness (QED) is 0.816. The molecule has 2 atom stereocenters. The molecule has 0 spiro atoms. The van der Waals surface area contributed by atoms with E-state index in [1.807, 2.05) is 0 Å². The number of fused-ring (bicyclic) bond motifs is 1. The summed E-state index contributed by atoms with van der Waals surface area (Å²) in [6, 6.07) is 10.2. The molecule has 5 heteroatoms. The summed E-state index contributed by atoms with van der Waals surface area (Å²) in [4.78, 5) is 0. The summed E-state index contributed by atoms with van der Waals surface area (Å²) < 4.78 is 51.9. The zero-order valence-corrected chi connectivity index (χ0v) is 12.5. The second-order valence-electron chi connectivity index (χ2n) is 6.15. The molecule has 0 bridgehead atoms. The Morgan fingerprint density at radius 1 is 1.09 bits per heavy atom. The minimum atomic E-state index is -4.34. The number of aryl methyl sites for hydroxylation is 1. The van der Waals surface area contributed by atoms with Gasteiger partial charge in [-0.3, -0.25) is 0 Å².